The molecule has 0 aromatic heterocycles. The average molecular weight is 217 g/mol. The van der Waals surface area contributed by atoms with Gasteiger partial charge in [-0.05, 0) is 0 Å². The Balaban J connectivity index is 0. The molecule has 0 saturated heterocycles. The van der Waals surface area contributed by atoms with E-state index < -0.39 is 0 Å². The van der Waals surface area contributed by atoms with Gasteiger partial charge in [0.05, 0.1) is 0 Å². The van der Waals surface area contributed by atoms with Gasteiger partial charge < -0.3 is 12.4 Å². The molecule has 0 aromatic rings. The summed E-state index contributed by atoms with van der Waals surface area (Å²) in [5.74, 6) is 0. The van der Waals surface area contributed by atoms with Gasteiger partial charge in [0.25, 0.3) is 0 Å². The van der Waals surface area contributed by atoms with Crippen molar-refractivity contribution in [3.05, 3.63) is 48.6 Å². The second kappa shape index (κ2) is 10.8. The maximum atomic E-state index is 2.99. The van der Waals surface area contributed by atoms with Crippen LogP contribution in [0.15, 0.2) is 36.5 Å². The minimum absolute atomic E-state index is 0. The molecule has 0 nitrogen and oxygen atoms in total. The van der Waals surface area contributed by atoms with E-state index in [0.717, 1.165) is 12.8 Å². The van der Waals surface area contributed by atoms with E-state index in [2.05, 4.69) is 24.3 Å². The minimum atomic E-state index is 0. The van der Waals surface area contributed by atoms with Crippen molar-refractivity contribution in [1.82, 2.24) is 0 Å². The van der Waals surface area contributed by atoms with E-state index in [1.165, 1.54) is 0 Å². The number of hydrogen-bond acceptors (Lipinski definition) is 0. The average Bonchev–Trinajstić information content (AvgIpc) is 2.67. The minimum Gasteiger partial charge on any atom is -1.00 e. The summed E-state index contributed by atoms with van der Waals surface area (Å²) in [6, 6.07) is 0. The summed E-state index contributed by atoms with van der Waals surface area (Å²) in [6.45, 7) is 0. The van der Waals surface area contributed by atoms with Gasteiger partial charge in [-0.3, -0.25) is 12.2 Å². The Morgan fingerprint density at radius 3 is 1.33 bits per heavy atom. The van der Waals surface area contributed by atoms with Crippen LogP contribution in [-0.2, 0) is 18.6 Å². The molecular formula is C10H10ClV-. The fraction of sp³-hybridized carbons (Fsp3) is 0.200. The molecule has 12 heavy (non-hydrogen) atoms. The van der Waals surface area contributed by atoms with Crippen LogP contribution in [0.25, 0.3) is 0 Å². The summed E-state index contributed by atoms with van der Waals surface area (Å²) in [7, 11) is 0. The topological polar surface area (TPSA) is 0 Å². The smallest absolute Gasteiger partial charge is 1.00 e. The third-order valence-electron chi connectivity index (χ3n) is 1.17. The van der Waals surface area contributed by atoms with Crippen LogP contribution < -0.4 is 12.4 Å². The quantitative estimate of drug-likeness (QED) is 0.484. The molecule has 2 aliphatic carbocycles. The molecule has 2 aliphatic rings. The summed E-state index contributed by atoms with van der Waals surface area (Å²) in [4.78, 5) is 0. The maximum Gasteiger partial charge on any atom is 2.00 e. The van der Waals surface area contributed by atoms with Crippen molar-refractivity contribution in [1.29, 1.82) is 0 Å². The van der Waals surface area contributed by atoms with Crippen molar-refractivity contribution in [2.24, 2.45) is 0 Å². The fourth-order valence-electron chi connectivity index (χ4n) is 0.680. The molecule has 0 aromatic carbocycles. The largest absolute Gasteiger partial charge is 2.00 e. The molecule has 1 radical (unpaired) electrons. The van der Waals surface area contributed by atoms with Gasteiger partial charge in [-0.25, -0.2) is 24.3 Å². The molecule has 0 atom stereocenters. The van der Waals surface area contributed by atoms with Gasteiger partial charge in [-0.1, -0.05) is 0 Å². The summed E-state index contributed by atoms with van der Waals surface area (Å²) >= 11 is 0. The second-order valence-corrected chi connectivity index (χ2v) is 2.01. The summed E-state index contributed by atoms with van der Waals surface area (Å²) in [5, 5.41) is 0. The van der Waals surface area contributed by atoms with Gasteiger partial charge in [0.1, 0.15) is 0 Å². The van der Waals surface area contributed by atoms with Crippen molar-refractivity contribution in [3.63, 3.8) is 0 Å². The normalized spacial score (nSPS) is 14.7. The van der Waals surface area contributed by atoms with Crippen LogP contribution in [0, 0.1) is 12.2 Å². The first-order valence-electron chi connectivity index (χ1n) is 3.43. The first kappa shape index (κ1) is 14.4. The van der Waals surface area contributed by atoms with Crippen LogP contribution in [0.3, 0.4) is 0 Å². The Labute approximate surface area is 92.4 Å². The van der Waals surface area contributed by atoms with Crippen molar-refractivity contribution < 1.29 is 31.0 Å². The van der Waals surface area contributed by atoms with E-state index in [9.17, 15) is 0 Å². The predicted octanol–water partition coefficient (Wildman–Crippen LogP) is -0.387. The van der Waals surface area contributed by atoms with E-state index in [1.807, 2.05) is 24.3 Å². The molecule has 0 N–H and O–H groups in total. The predicted molar refractivity (Wildman–Crippen MR) is 43.1 cm³/mol. The standard InChI is InChI=1S/2C5H5.ClH.V/c2*1-2-4-5-3-1;;/h2*1-3H,4H2;1H;/q2*-1;;+2/p-1. The molecule has 0 bridgehead atoms. The molecule has 0 amide bonds. The van der Waals surface area contributed by atoms with Gasteiger partial charge in [0, 0.05) is 0 Å². The van der Waals surface area contributed by atoms with Crippen LogP contribution in [0.5, 0.6) is 0 Å². The van der Waals surface area contributed by atoms with E-state index >= 15 is 0 Å². The van der Waals surface area contributed by atoms with Gasteiger partial charge in [-0.15, -0.1) is 12.8 Å². The monoisotopic (exact) mass is 216 g/mol. The van der Waals surface area contributed by atoms with E-state index in [4.69, 9.17) is 0 Å². The van der Waals surface area contributed by atoms with E-state index in [0.29, 0.717) is 0 Å². The van der Waals surface area contributed by atoms with Crippen molar-refractivity contribution in [3.8, 4) is 0 Å². The Kier molecular flexibility index (Phi) is 13.0. The Morgan fingerprint density at radius 1 is 0.833 bits per heavy atom. The molecule has 0 spiro atoms. The van der Waals surface area contributed by atoms with Crippen LogP contribution in [-0.4, -0.2) is 0 Å². The molecular weight excluding hydrogens is 207 g/mol. The van der Waals surface area contributed by atoms with Crippen molar-refractivity contribution >= 4 is 0 Å². The summed E-state index contributed by atoms with van der Waals surface area (Å²) in [5.41, 5.74) is 0. The van der Waals surface area contributed by atoms with Crippen LogP contribution in [0.1, 0.15) is 12.8 Å². The Hall–Kier alpha value is -0.166. The Morgan fingerprint density at radius 2 is 1.25 bits per heavy atom. The molecule has 63 valence electrons. The van der Waals surface area contributed by atoms with E-state index in [1.54, 1.807) is 0 Å². The third-order valence-corrected chi connectivity index (χ3v) is 1.17. The zero-order valence-electron chi connectivity index (χ0n) is 6.70. The summed E-state index contributed by atoms with van der Waals surface area (Å²) in [6.07, 6.45) is 20.0. The van der Waals surface area contributed by atoms with Crippen LogP contribution >= 0.6 is 0 Å². The zero-order valence-corrected chi connectivity index (χ0v) is 8.86. The molecule has 0 saturated carbocycles. The first-order chi connectivity index (χ1) is 5.00. The molecule has 0 fully saturated rings. The van der Waals surface area contributed by atoms with Crippen molar-refractivity contribution in [2.45, 2.75) is 12.8 Å². The molecule has 2 rings (SSSR count). The molecule has 0 heterocycles. The van der Waals surface area contributed by atoms with Gasteiger partial charge in [0.15, 0.2) is 0 Å². The number of hydrogen-bond donors (Lipinski definition) is 0. The molecule has 0 unspecified atom stereocenters. The third kappa shape index (κ3) is 7.94. The van der Waals surface area contributed by atoms with Gasteiger partial charge in [-0.2, -0.15) is 12.2 Å². The number of allylic oxidation sites excluding steroid dienone is 8. The maximum absolute atomic E-state index is 2.99. The molecule has 0 aliphatic heterocycles. The summed E-state index contributed by atoms with van der Waals surface area (Å²) < 4.78 is 0. The SMILES string of the molecule is [C-]1=CC=CC1.[C-]1=CC=CC1.[Cl-].[V+2]. The zero-order chi connectivity index (χ0) is 7.07. The number of halogens is 1. The van der Waals surface area contributed by atoms with E-state index in [-0.39, 0.29) is 31.0 Å². The first-order valence-corrected chi connectivity index (χ1v) is 3.43. The number of rotatable bonds is 0. The van der Waals surface area contributed by atoms with Gasteiger partial charge in [0.2, 0.25) is 0 Å². The van der Waals surface area contributed by atoms with Gasteiger partial charge >= 0.3 is 18.6 Å². The fourth-order valence-corrected chi connectivity index (χ4v) is 0.680. The molecule has 2 heteroatoms. The van der Waals surface area contributed by atoms with Crippen LogP contribution in [0.2, 0.25) is 0 Å². The second-order valence-electron chi connectivity index (χ2n) is 2.01. The Bertz CT molecular complexity index is 148. The van der Waals surface area contributed by atoms with Crippen molar-refractivity contribution in [2.75, 3.05) is 0 Å². The van der Waals surface area contributed by atoms with Crippen LogP contribution in [0.4, 0.5) is 0 Å².